The number of carbonyl (C=O) groups excluding carboxylic acids is 2. The highest BCUT2D eigenvalue weighted by molar-refractivity contribution is 5.98. The Kier molecular flexibility index (Phi) is 5.34. The summed E-state index contributed by atoms with van der Waals surface area (Å²) in [6, 6.07) is 7.67. The zero-order valence-corrected chi connectivity index (χ0v) is 15.7. The summed E-state index contributed by atoms with van der Waals surface area (Å²) < 4.78 is 11.6. The largest absolute Gasteiger partial charge is 0.486 e. The Morgan fingerprint density at radius 3 is 2.52 bits per heavy atom. The van der Waals surface area contributed by atoms with E-state index in [0.717, 1.165) is 50.1 Å². The molecule has 6 heteroatoms. The van der Waals surface area contributed by atoms with Crippen molar-refractivity contribution < 1.29 is 19.1 Å². The standard InChI is InChI=1S/C21H28N2O4/c24-19-12-21(8-3-4-9-21)13-20(25)23(19)11-5-10-22-14-16-15-26-17-6-1-2-7-18(17)27-16/h1-2,6-7,16,22H,3-5,8-15H2. The van der Waals surface area contributed by atoms with Crippen LogP contribution in [-0.2, 0) is 9.59 Å². The van der Waals surface area contributed by atoms with Gasteiger partial charge in [-0.15, -0.1) is 0 Å². The predicted octanol–water partition coefficient (Wildman–Crippen LogP) is 2.52. The van der Waals surface area contributed by atoms with Crippen LogP contribution in [0.3, 0.4) is 0 Å². The zero-order chi connectivity index (χ0) is 18.7. The van der Waals surface area contributed by atoms with Crippen LogP contribution in [0.25, 0.3) is 0 Å². The number of imide groups is 1. The smallest absolute Gasteiger partial charge is 0.229 e. The van der Waals surface area contributed by atoms with Crippen LogP contribution in [0.1, 0.15) is 44.9 Å². The number of nitrogens with one attached hydrogen (secondary N) is 1. The summed E-state index contributed by atoms with van der Waals surface area (Å²) in [5.41, 5.74) is -0.0163. The Morgan fingerprint density at radius 1 is 1.07 bits per heavy atom. The van der Waals surface area contributed by atoms with Gasteiger partial charge in [-0.2, -0.15) is 0 Å². The second-order valence-electron chi connectivity index (χ2n) is 8.06. The van der Waals surface area contributed by atoms with Crippen molar-refractivity contribution in [3.05, 3.63) is 24.3 Å². The molecule has 3 aliphatic rings. The van der Waals surface area contributed by atoms with Crippen LogP contribution in [0.5, 0.6) is 11.5 Å². The van der Waals surface area contributed by atoms with Gasteiger partial charge >= 0.3 is 0 Å². The average Bonchev–Trinajstić information content (AvgIpc) is 3.10. The number of hydrogen-bond donors (Lipinski definition) is 1. The molecule has 6 nitrogen and oxygen atoms in total. The van der Waals surface area contributed by atoms with Crippen molar-refractivity contribution in [2.24, 2.45) is 5.41 Å². The van der Waals surface area contributed by atoms with Gasteiger partial charge in [0.2, 0.25) is 11.8 Å². The van der Waals surface area contributed by atoms with Gasteiger partial charge in [-0.25, -0.2) is 0 Å². The monoisotopic (exact) mass is 372 g/mol. The van der Waals surface area contributed by atoms with Gasteiger partial charge in [0.15, 0.2) is 11.5 Å². The number of fused-ring (bicyclic) bond motifs is 1. The summed E-state index contributed by atoms with van der Waals surface area (Å²) >= 11 is 0. The number of likely N-dealkylation sites (tertiary alicyclic amines) is 1. The van der Waals surface area contributed by atoms with Gasteiger partial charge in [0, 0.05) is 25.9 Å². The highest BCUT2D eigenvalue weighted by Gasteiger charge is 2.44. The molecule has 0 bridgehead atoms. The van der Waals surface area contributed by atoms with Gasteiger partial charge in [-0.1, -0.05) is 25.0 Å². The van der Waals surface area contributed by atoms with E-state index < -0.39 is 0 Å². The third-order valence-corrected chi connectivity index (χ3v) is 5.99. The van der Waals surface area contributed by atoms with Gasteiger partial charge in [0.25, 0.3) is 0 Å². The molecule has 27 heavy (non-hydrogen) atoms. The van der Waals surface area contributed by atoms with Gasteiger partial charge in [-0.3, -0.25) is 14.5 Å². The third-order valence-electron chi connectivity index (χ3n) is 5.99. The normalized spacial score (nSPS) is 23.9. The number of carbonyl (C=O) groups is 2. The van der Waals surface area contributed by atoms with Gasteiger partial charge in [0.1, 0.15) is 12.7 Å². The fraction of sp³-hybridized carbons (Fsp3) is 0.619. The van der Waals surface area contributed by atoms with Crippen molar-refractivity contribution in [3.63, 3.8) is 0 Å². The number of benzene rings is 1. The fourth-order valence-corrected chi connectivity index (χ4v) is 4.55. The molecule has 1 aromatic carbocycles. The lowest BCUT2D eigenvalue weighted by Crippen LogP contribution is -2.48. The first-order valence-corrected chi connectivity index (χ1v) is 10.1. The third kappa shape index (κ3) is 4.10. The van der Waals surface area contributed by atoms with Crippen LogP contribution >= 0.6 is 0 Å². The van der Waals surface area contributed by atoms with Crippen LogP contribution in [0.15, 0.2) is 24.3 Å². The van der Waals surface area contributed by atoms with Gasteiger partial charge < -0.3 is 14.8 Å². The number of rotatable bonds is 6. The van der Waals surface area contributed by atoms with Crippen LogP contribution in [0.4, 0.5) is 0 Å². The van der Waals surface area contributed by atoms with Crippen molar-refractivity contribution in [2.75, 3.05) is 26.2 Å². The molecule has 0 radical (unpaired) electrons. The van der Waals surface area contributed by atoms with Crippen LogP contribution in [-0.4, -0.2) is 49.1 Å². The lowest BCUT2D eigenvalue weighted by Gasteiger charge is -2.37. The number of nitrogens with zero attached hydrogens (tertiary/aromatic N) is 1. The minimum absolute atomic E-state index is 0.0163. The van der Waals surface area contributed by atoms with Crippen molar-refractivity contribution in [3.8, 4) is 11.5 Å². The molecule has 2 amide bonds. The Bertz CT molecular complexity index is 679. The zero-order valence-electron chi connectivity index (χ0n) is 15.7. The molecular weight excluding hydrogens is 344 g/mol. The summed E-state index contributed by atoms with van der Waals surface area (Å²) in [6.07, 6.45) is 6.22. The van der Waals surface area contributed by atoms with Crippen molar-refractivity contribution in [2.45, 2.75) is 51.0 Å². The molecule has 4 rings (SSSR count). The van der Waals surface area contributed by atoms with Crippen LogP contribution < -0.4 is 14.8 Å². The van der Waals surface area contributed by atoms with E-state index in [4.69, 9.17) is 9.47 Å². The maximum atomic E-state index is 12.4. The fourth-order valence-electron chi connectivity index (χ4n) is 4.55. The van der Waals surface area contributed by atoms with E-state index in [1.54, 1.807) is 0 Å². The highest BCUT2D eigenvalue weighted by atomic mass is 16.6. The number of amides is 2. The lowest BCUT2D eigenvalue weighted by molar-refractivity contribution is -0.153. The molecule has 2 aliphatic heterocycles. The van der Waals surface area contributed by atoms with Crippen LogP contribution in [0.2, 0.25) is 0 Å². The quantitative estimate of drug-likeness (QED) is 0.614. The second-order valence-corrected chi connectivity index (χ2v) is 8.06. The van der Waals surface area contributed by atoms with Crippen molar-refractivity contribution >= 4 is 11.8 Å². The molecule has 1 N–H and O–H groups in total. The van der Waals surface area contributed by atoms with E-state index in [-0.39, 0.29) is 23.3 Å². The van der Waals surface area contributed by atoms with E-state index in [1.165, 1.54) is 4.90 Å². The average molecular weight is 372 g/mol. The SMILES string of the molecule is O=C1CC2(CCCC2)CC(=O)N1CCCNCC1COc2ccccc2O1. The second kappa shape index (κ2) is 7.89. The Morgan fingerprint density at radius 2 is 1.78 bits per heavy atom. The molecule has 1 spiro atoms. The van der Waals surface area contributed by atoms with E-state index in [2.05, 4.69) is 5.32 Å². The summed E-state index contributed by atoms with van der Waals surface area (Å²) in [5.74, 6) is 1.61. The number of ether oxygens (including phenoxy) is 2. The molecule has 1 unspecified atom stereocenters. The molecule has 2 fully saturated rings. The topological polar surface area (TPSA) is 67.9 Å². The molecule has 1 aliphatic carbocycles. The molecule has 0 aromatic heterocycles. The summed E-state index contributed by atoms with van der Waals surface area (Å²) in [5, 5.41) is 3.35. The maximum Gasteiger partial charge on any atom is 0.229 e. The maximum absolute atomic E-state index is 12.4. The first-order chi connectivity index (χ1) is 13.2. The molecule has 1 atom stereocenters. The van der Waals surface area contributed by atoms with E-state index in [9.17, 15) is 9.59 Å². The van der Waals surface area contributed by atoms with Crippen molar-refractivity contribution in [1.29, 1.82) is 0 Å². The van der Waals surface area contributed by atoms with E-state index in [1.807, 2.05) is 24.3 Å². The first kappa shape index (κ1) is 18.3. The first-order valence-electron chi connectivity index (χ1n) is 10.1. The van der Waals surface area contributed by atoms with E-state index >= 15 is 0 Å². The Hall–Kier alpha value is -2.08. The molecular formula is C21H28N2O4. The summed E-state index contributed by atoms with van der Waals surface area (Å²) in [6.45, 7) is 2.45. The molecule has 1 saturated heterocycles. The minimum atomic E-state index is -0.0274. The van der Waals surface area contributed by atoms with E-state index in [0.29, 0.717) is 32.5 Å². The number of hydrogen-bond acceptors (Lipinski definition) is 5. The molecule has 146 valence electrons. The van der Waals surface area contributed by atoms with Crippen LogP contribution in [0, 0.1) is 5.41 Å². The number of piperidine rings is 1. The molecule has 2 heterocycles. The van der Waals surface area contributed by atoms with Gasteiger partial charge in [0.05, 0.1) is 0 Å². The minimum Gasteiger partial charge on any atom is -0.486 e. The predicted molar refractivity (Wildman–Crippen MR) is 101 cm³/mol. The molecule has 1 saturated carbocycles. The summed E-state index contributed by atoms with van der Waals surface area (Å²) in [7, 11) is 0. The van der Waals surface area contributed by atoms with Gasteiger partial charge in [-0.05, 0) is 43.4 Å². The lowest BCUT2D eigenvalue weighted by atomic mass is 9.76. The van der Waals surface area contributed by atoms with Crippen molar-refractivity contribution in [1.82, 2.24) is 10.2 Å². The highest BCUT2D eigenvalue weighted by Crippen LogP contribution is 2.46. The molecule has 1 aromatic rings. The Balaban J connectivity index is 1.17. The number of para-hydroxylation sites is 2. The Labute approximate surface area is 160 Å². The summed E-state index contributed by atoms with van der Waals surface area (Å²) in [4.78, 5) is 26.4.